The Bertz CT molecular complexity index is 837. The molecule has 0 spiro atoms. The lowest BCUT2D eigenvalue weighted by Crippen LogP contribution is -2.00. The molecule has 130 valence electrons. The minimum Gasteiger partial charge on any atom is -0.496 e. The number of aromatic amines is 1. The molecule has 0 unspecified atom stereocenters. The van der Waals surface area contributed by atoms with E-state index in [0.29, 0.717) is 28.4 Å². The summed E-state index contributed by atoms with van der Waals surface area (Å²) in [6.45, 7) is 2.63. The molecule has 3 aromatic rings. The lowest BCUT2D eigenvalue weighted by molar-refractivity contribution is 0.344. The van der Waals surface area contributed by atoms with Crippen LogP contribution in [-0.2, 0) is 0 Å². The van der Waals surface area contributed by atoms with Crippen molar-refractivity contribution in [2.24, 2.45) is 0 Å². The Morgan fingerprint density at radius 2 is 1.96 bits per heavy atom. The summed E-state index contributed by atoms with van der Waals surface area (Å²) in [5.74, 6) is 2.93. The molecule has 25 heavy (non-hydrogen) atoms. The van der Waals surface area contributed by atoms with E-state index in [9.17, 15) is 0 Å². The fraction of sp³-hybridized carbons (Fsp3) is 0.222. The molecule has 0 fully saturated rings. The van der Waals surface area contributed by atoms with Gasteiger partial charge in [0.25, 0.3) is 0 Å². The zero-order valence-corrected chi connectivity index (χ0v) is 15.5. The van der Waals surface area contributed by atoms with Crippen LogP contribution in [-0.4, -0.2) is 34.7 Å². The van der Waals surface area contributed by atoms with Crippen LogP contribution in [0.2, 0.25) is 5.02 Å². The third-order valence-electron chi connectivity index (χ3n) is 3.49. The maximum absolute atomic E-state index is 6.06. The van der Waals surface area contributed by atoms with Crippen LogP contribution in [0.25, 0.3) is 11.4 Å². The topological polar surface area (TPSA) is 60.0 Å². The molecule has 0 saturated carbocycles. The highest BCUT2D eigenvalue weighted by Crippen LogP contribution is 2.31. The monoisotopic (exact) mass is 375 g/mol. The van der Waals surface area contributed by atoms with E-state index < -0.39 is 0 Å². The van der Waals surface area contributed by atoms with Crippen molar-refractivity contribution in [2.45, 2.75) is 12.1 Å². The zero-order chi connectivity index (χ0) is 17.6. The minimum absolute atomic E-state index is 0.581. The number of aryl methyl sites for hydroxylation is 1. The Morgan fingerprint density at radius 1 is 1.16 bits per heavy atom. The number of hydrogen-bond acceptors (Lipinski definition) is 5. The van der Waals surface area contributed by atoms with E-state index in [2.05, 4.69) is 22.1 Å². The van der Waals surface area contributed by atoms with Crippen LogP contribution < -0.4 is 9.47 Å². The first kappa shape index (κ1) is 17.6. The molecule has 1 aromatic heterocycles. The first-order chi connectivity index (χ1) is 12.2. The lowest BCUT2D eigenvalue weighted by Gasteiger charge is -2.05. The zero-order valence-electron chi connectivity index (χ0n) is 14.0. The molecular weight excluding hydrogens is 358 g/mol. The summed E-state index contributed by atoms with van der Waals surface area (Å²) in [5, 5.41) is 8.43. The number of thioether (sulfide) groups is 1. The quantitative estimate of drug-likeness (QED) is 0.482. The van der Waals surface area contributed by atoms with Crippen molar-refractivity contribution in [1.82, 2.24) is 15.2 Å². The van der Waals surface area contributed by atoms with Crippen LogP contribution in [0.4, 0.5) is 0 Å². The van der Waals surface area contributed by atoms with Crippen LogP contribution >= 0.6 is 23.4 Å². The van der Waals surface area contributed by atoms with Gasteiger partial charge in [-0.25, -0.2) is 4.98 Å². The van der Waals surface area contributed by atoms with Crippen molar-refractivity contribution in [3.63, 3.8) is 0 Å². The van der Waals surface area contributed by atoms with Crippen molar-refractivity contribution in [3.05, 3.63) is 53.1 Å². The molecule has 0 aliphatic heterocycles. The number of rotatable bonds is 7. The molecule has 0 atom stereocenters. The highest BCUT2D eigenvalue weighted by atomic mass is 35.5. The Morgan fingerprint density at radius 3 is 2.72 bits per heavy atom. The first-order valence-electron chi connectivity index (χ1n) is 7.74. The number of hydrogen-bond donors (Lipinski definition) is 1. The fourth-order valence-electron chi connectivity index (χ4n) is 2.22. The summed E-state index contributed by atoms with van der Waals surface area (Å²) in [6, 6.07) is 13.4. The second-order valence-electron chi connectivity index (χ2n) is 5.32. The number of aromatic nitrogens is 3. The van der Waals surface area contributed by atoms with E-state index >= 15 is 0 Å². The number of halogens is 1. The Kier molecular flexibility index (Phi) is 5.83. The molecule has 7 heteroatoms. The van der Waals surface area contributed by atoms with Crippen LogP contribution in [0.1, 0.15) is 5.56 Å². The van der Waals surface area contributed by atoms with Crippen LogP contribution in [0.15, 0.2) is 47.6 Å². The third kappa shape index (κ3) is 4.67. The second kappa shape index (κ2) is 8.27. The summed E-state index contributed by atoms with van der Waals surface area (Å²) in [6.07, 6.45) is 0. The van der Waals surface area contributed by atoms with Crippen molar-refractivity contribution in [3.8, 4) is 22.9 Å². The van der Waals surface area contributed by atoms with E-state index in [-0.39, 0.29) is 0 Å². The number of H-pyrrole nitrogens is 1. The molecule has 5 nitrogen and oxygen atoms in total. The molecule has 0 bridgehead atoms. The van der Waals surface area contributed by atoms with Crippen molar-refractivity contribution < 1.29 is 9.47 Å². The van der Waals surface area contributed by atoms with Gasteiger partial charge in [-0.2, -0.15) is 0 Å². The number of methoxy groups -OCH3 is 1. The number of nitrogens with one attached hydrogen (secondary N) is 1. The SMILES string of the molecule is COc1ccc(Cl)cc1-c1nc(SCCOc2ccc(C)cc2)n[nH]1. The summed E-state index contributed by atoms with van der Waals surface area (Å²) in [4.78, 5) is 4.49. The van der Waals surface area contributed by atoms with Crippen molar-refractivity contribution in [1.29, 1.82) is 0 Å². The standard InChI is InChI=1S/C18H18ClN3O2S/c1-12-3-6-14(7-4-12)24-9-10-25-18-20-17(21-22-18)15-11-13(19)5-8-16(15)23-2/h3-8,11H,9-10H2,1-2H3,(H,20,21,22). The predicted molar refractivity (Wildman–Crippen MR) is 101 cm³/mol. The van der Waals surface area contributed by atoms with Gasteiger partial charge in [0.1, 0.15) is 11.5 Å². The Labute approximate surface area is 155 Å². The Hall–Kier alpha value is -2.18. The fourth-order valence-corrected chi connectivity index (χ4v) is 3.01. The normalized spacial score (nSPS) is 10.7. The van der Waals surface area contributed by atoms with Gasteiger partial charge in [-0.3, -0.25) is 5.10 Å². The third-order valence-corrected chi connectivity index (χ3v) is 4.53. The highest BCUT2D eigenvalue weighted by molar-refractivity contribution is 7.99. The largest absolute Gasteiger partial charge is 0.496 e. The maximum Gasteiger partial charge on any atom is 0.208 e. The maximum atomic E-state index is 6.06. The smallest absolute Gasteiger partial charge is 0.208 e. The average Bonchev–Trinajstić information content (AvgIpc) is 3.09. The van der Waals surface area contributed by atoms with Gasteiger partial charge in [-0.05, 0) is 37.3 Å². The summed E-state index contributed by atoms with van der Waals surface area (Å²) in [7, 11) is 1.61. The van der Waals surface area contributed by atoms with Gasteiger partial charge in [-0.1, -0.05) is 41.1 Å². The van der Waals surface area contributed by atoms with Gasteiger partial charge in [0.2, 0.25) is 5.16 Å². The number of ether oxygens (including phenoxy) is 2. The van der Waals surface area contributed by atoms with Crippen LogP contribution in [0, 0.1) is 6.92 Å². The molecule has 0 radical (unpaired) electrons. The predicted octanol–water partition coefficient (Wildman–Crippen LogP) is 4.61. The van der Waals surface area contributed by atoms with E-state index in [0.717, 1.165) is 17.1 Å². The van der Waals surface area contributed by atoms with Crippen molar-refractivity contribution in [2.75, 3.05) is 19.5 Å². The summed E-state index contributed by atoms with van der Waals surface area (Å²) < 4.78 is 11.0. The summed E-state index contributed by atoms with van der Waals surface area (Å²) >= 11 is 7.59. The van der Waals surface area contributed by atoms with Gasteiger partial charge in [0, 0.05) is 10.8 Å². The lowest BCUT2D eigenvalue weighted by atomic mass is 10.2. The molecular formula is C18H18ClN3O2S. The van der Waals surface area contributed by atoms with Crippen LogP contribution in [0.3, 0.4) is 0 Å². The molecule has 2 aromatic carbocycles. The minimum atomic E-state index is 0.581. The molecule has 1 N–H and O–H groups in total. The molecule has 0 aliphatic rings. The van der Waals surface area contributed by atoms with Gasteiger partial charge in [-0.15, -0.1) is 5.10 Å². The average molecular weight is 376 g/mol. The van der Waals surface area contributed by atoms with E-state index in [1.54, 1.807) is 19.2 Å². The van der Waals surface area contributed by atoms with Gasteiger partial charge >= 0.3 is 0 Å². The molecule has 3 rings (SSSR count). The first-order valence-corrected chi connectivity index (χ1v) is 9.10. The Balaban J connectivity index is 1.57. The number of nitrogens with zero attached hydrogens (tertiary/aromatic N) is 2. The van der Waals surface area contributed by atoms with Gasteiger partial charge in [0.05, 0.1) is 19.3 Å². The second-order valence-corrected chi connectivity index (χ2v) is 6.82. The van der Waals surface area contributed by atoms with E-state index in [1.807, 2.05) is 30.3 Å². The van der Waals surface area contributed by atoms with E-state index in [4.69, 9.17) is 21.1 Å². The molecule has 0 saturated heterocycles. The molecule has 1 heterocycles. The van der Waals surface area contributed by atoms with Crippen LogP contribution in [0.5, 0.6) is 11.5 Å². The molecule has 0 aliphatic carbocycles. The number of benzene rings is 2. The molecule has 0 amide bonds. The van der Waals surface area contributed by atoms with E-state index in [1.165, 1.54) is 17.3 Å². The van der Waals surface area contributed by atoms with Crippen molar-refractivity contribution >= 4 is 23.4 Å². The van der Waals surface area contributed by atoms with Gasteiger partial charge < -0.3 is 9.47 Å². The highest BCUT2D eigenvalue weighted by Gasteiger charge is 2.12. The van der Waals surface area contributed by atoms with Gasteiger partial charge in [0.15, 0.2) is 5.82 Å². The summed E-state index contributed by atoms with van der Waals surface area (Å²) in [5.41, 5.74) is 2.00.